The Kier molecular flexibility index (Phi) is 6.25. The van der Waals surface area contributed by atoms with E-state index in [0.29, 0.717) is 40.1 Å². The number of carboxylic acids is 1. The van der Waals surface area contributed by atoms with Gasteiger partial charge in [0.1, 0.15) is 0 Å². The Morgan fingerprint density at radius 1 is 1.09 bits per heavy atom. The number of aliphatic hydroxyl groups is 1. The fourth-order valence-corrected chi connectivity index (χ4v) is 9.52. The van der Waals surface area contributed by atoms with Gasteiger partial charge in [-0.15, -0.1) is 0 Å². The highest BCUT2D eigenvalue weighted by Crippen LogP contribution is 2.73. The van der Waals surface area contributed by atoms with E-state index in [1.165, 1.54) is 32.1 Å². The molecule has 4 aliphatic rings. The molecule has 8 atom stereocenters. The predicted octanol–water partition coefficient (Wildman–Crippen LogP) is 7.40. The number of carbonyl (C=O) groups is 1. The van der Waals surface area contributed by atoms with Gasteiger partial charge in [-0.05, 0) is 110 Å². The number of carboxylic acid groups (broad SMARTS) is 1. The van der Waals surface area contributed by atoms with Crippen molar-refractivity contribution in [2.24, 2.45) is 45.3 Å². The molecule has 2 N–H and O–H groups in total. The first kappa shape index (κ1) is 25.0. The van der Waals surface area contributed by atoms with E-state index >= 15 is 0 Å². The first-order valence-electron chi connectivity index (χ1n) is 13.6. The zero-order valence-corrected chi connectivity index (χ0v) is 22.2. The van der Waals surface area contributed by atoms with Crippen molar-refractivity contribution in [2.75, 3.05) is 0 Å². The van der Waals surface area contributed by atoms with Crippen LogP contribution >= 0.6 is 0 Å². The van der Waals surface area contributed by atoms with Crippen molar-refractivity contribution in [1.82, 2.24) is 0 Å². The van der Waals surface area contributed by atoms with Crippen LogP contribution in [0.15, 0.2) is 23.3 Å². The van der Waals surface area contributed by atoms with Gasteiger partial charge < -0.3 is 10.2 Å². The van der Waals surface area contributed by atoms with Crippen LogP contribution in [-0.4, -0.2) is 22.3 Å². The molecule has 186 valence electrons. The van der Waals surface area contributed by atoms with Gasteiger partial charge in [-0.3, -0.25) is 0 Å². The van der Waals surface area contributed by atoms with E-state index in [0.717, 1.165) is 25.7 Å². The van der Waals surface area contributed by atoms with Gasteiger partial charge in [-0.25, -0.2) is 4.79 Å². The van der Waals surface area contributed by atoms with Gasteiger partial charge in [-0.2, -0.15) is 0 Å². The minimum Gasteiger partial charge on any atom is -0.478 e. The Labute approximate surface area is 202 Å². The number of rotatable bonds is 5. The fraction of sp³-hybridized carbons (Fsp3) is 0.833. The van der Waals surface area contributed by atoms with Gasteiger partial charge >= 0.3 is 5.97 Å². The summed E-state index contributed by atoms with van der Waals surface area (Å²) in [5.74, 6) is 1.77. The van der Waals surface area contributed by atoms with Crippen molar-refractivity contribution in [2.45, 2.75) is 112 Å². The van der Waals surface area contributed by atoms with Crippen LogP contribution in [0.2, 0.25) is 0 Å². The third-order valence-corrected chi connectivity index (χ3v) is 12.0. The van der Waals surface area contributed by atoms with Gasteiger partial charge in [0.15, 0.2) is 0 Å². The lowest BCUT2D eigenvalue weighted by Crippen LogP contribution is -2.57. The molecular weight excluding hydrogens is 408 g/mol. The summed E-state index contributed by atoms with van der Waals surface area (Å²) in [4.78, 5) is 11.1. The predicted molar refractivity (Wildman–Crippen MR) is 135 cm³/mol. The van der Waals surface area contributed by atoms with Gasteiger partial charge in [0, 0.05) is 5.57 Å². The lowest BCUT2D eigenvalue weighted by molar-refractivity contribution is -0.132. The van der Waals surface area contributed by atoms with Crippen LogP contribution in [-0.2, 0) is 4.79 Å². The molecular formula is C30H48O3. The first-order valence-corrected chi connectivity index (χ1v) is 13.6. The molecule has 2 unspecified atom stereocenters. The van der Waals surface area contributed by atoms with Crippen LogP contribution in [0.5, 0.6) is 0 Å². The highest BCUT2D eigenvalue weighted by Gasteiger charge is 2.65. The van der Waals surface area contributed by atoms with Crippen molar-refractivity contribution in [3.8, 4) is 0 Å². The Morgan fingerprint density at radius 2 is 1.79 bits per heavy atom. The summed E-state index contributed by atoms with van der Waals surface area (Å²) < 4.78 is 0. The number of hydrogen-bond acceptors (Lipinski definition) is 2. The molecule has 0 radical (unpaired) electrons. The van der Waals surface area contributed by atoms with E-state index in [-0.39, 0.29) is 16.9 Å². The lowest BCUT2D eigenvalue weighted by Gasteiger charge is -2.64. The summed E-state index contributed by atoms with van der Waals surface area (Å²) in [5, 5.41) is 20.0. The first-order chi connectivity index (χ1) is 15.3. The van der Waals surface area contributed by atoms with Crippen LogP contribution in [0, 0.1) is 45.3 Å². The SMILES string of the molecule is C/C(=C\CC[C@@H](C)[C@H]1CC[C@@]2(C)C3CCC4C(C)(C)[C@@H](O)CC[C@]4(C)C3=CC[C@]12C)C(=O)O. The molecule has 0 saturated heterocycles. The molecule has 0 amide bonds. The number of aliphatic carboxylic acids is 1. The van der Waals surface area contributed by atoms with Gasteiger partial charge in [-0.1, -0.05) is 59.3 Å². The standard InChI is InChI=1S/C30H48O3/c1-19(9-8-10-20(2)26(32)33)21-13-17-30(7)23-11-12-24-27(3,4)25(31)15-16-28(24,5)22(23)14-18-29(21,30)6/h10,14,19,21,23-25,31H,8-9,11-13,15-18H2,1-7H3,(H,32,33)/b20-10+/t19-,21-,23?,24?,25+,28-,29-,30+/m1/s1. The minimum atomic E-state index is -0.796. The zero-order valence-electron chi connectivity index (χ0n) is 22.2. The molecule has 0 aromatic heterocycles. The van der Waals surface area contributed by atoms with Crippen molar-refractivity contribution in [1.29, 1.82) is 0 Å². The molecule has 3 heteroatoms. The number of aliphatic hydroxyl groups excluding tert-OH is 1. The molecule has 3 saturated carbocycles. The van der Waals surface area contributed by atoms with Crippen molar-refractivity contribution in [3.63, 3.8) is 0 Å². The highest BCUT2D eigenvalue weighted by atomic mass is 16.4. The molecule has 0 heterocycles. The summed E-state index contributed by atoms with van der Waals surface area (Å²) >= 11 is 0. The third kappa shape index (κ3) is 3.58. The second-order valence-electron chi connectivity index (χ2n) is 13.6. The monoisotopic (exact) mass is 456 g/mol. The van der Waals surface area contributed by atoms with Crippen molar-refractivity contribution in [3.05, 3.63) is 23.3 Å². The summed E-state index contributed by atoms with van der Waals surface area (Å²) in [6, 6.07) is 0. The van der Waals surface area contributed by atoms with E-state index in [1.54, 1.807) is 12.5 Å². The topological polar surface area (TPSA) is 57.5 Å². The second kappa shape index (κ2) is 8.25. The Balaban J connectivity index is 1.59. The molecule has 3 nitrogen and oxygen atoms in total. The van der Waals surface area contributed by atoms with Crippen LogP contribution in [0.4, 0.5) is 0 Å². The van der Waals surface area contributed by atoms with Crippen molar-refractivity contribution < 1.29 is 15.0 Å². The van der Waals surface area contributed by atoms with Gasteiger partial charge in [0.05, 0.1) is 6.10 Å². The van der Waals surface area contributed by atoms with E-state index < -0.39 is 5.97 Å². The molecule has 4 rings (SSSR count). The maximum absolute atomic E-state index is 11.1. The van der Waals surface area contributed by atoms with Gasteiger partial charge in [0.25, 0.3) is 0 Å². The molecule has 33 heavy (non-hydrogen) atoms. The molecule has 4 aliphatic carbocycles. The maximum atomic E-state index is 11.1. The van der Waals surface area contributed by atoms with Gasteiger partial charge in [0.2, 0.25) is 0 Å². The molecule has 0 bridgehead atoms. The molecule has 0 aromatic rings. The van der Waals surface area contributed by atoms with E-state index in [4.69, 9.17) is 5.11 Å². The fourth-order valence-electron chi connectivity index (χ4n) is 9.52. The Hall–Kier alpha value is -1.09. The maximum Gasteiger partial charge on any atom is 0.330 e. The number of hydrogen-bond donors (Lipinski definition) is 2. The smallest absolute Gasteiger partial charge is 0.330 e. The minimum absolute atomic E-state index is 0.00517. The molecule has 0 aromatic carbocycles. The summed E-state index contributed by atoms with van der Waals surface area (Å²) in [5.41, 5.74) is 3.11. The highest BCUT2D eigenvalue weighted by molar-refractivity contribution is 5.85. The number of fused-ring (bicyclic) bond motifs is 5. The molecule has 0 aliphatic heterocycles. The Morgan fingerprint density at radius 3 is 2.45 bits per heavy atom. The normalized spacial score (nSPS) is 45.5. The summed E-state index contributed by atoms with van der Waals surface area (Å²) in [6.07, 6.45) is 14.7. The summed E-state index contributed by atoms with van der Waals surface area (Å²) in [7, 11) is 0. The number of allylic oxidation sites excluding steroid dienone is 3. The van der Waals surface area contributed by atoms with E-state index in [9.17, 15) is 9.90 Å². The quantitative estimate of drug-likeness (QED) is 0.335. The molecule has 3 fully saturated rings. The van der Waals surface area contributed by atoms with Crippen molar-refractivity contribution >= 4 is 5.97 Å². The second-order valence-corrected chi connectivity index (χ2v) is 13.6. The van der Waals surface area contributed by atoms with E-state index in [1.807, 2.05) is 6.08 Å². The Bertz CT molecular complexity index is 853. The average Bonchev–Trinajstić information content (AvgIpc) is 3.02. The van der Waals surface area contributed by atoms with Crippen LogP contribution in [0.25, 0.3) is 0 Å². The molecule has 0 spiro atoms. The van der Waals surface area contributed by atoms with Crippen LogP contribution < -0.4 is 0 Å². The van der Waals surface area contributed by atoms with E-state index in [2.05, 4.69) is 47.6 Å². The van der Waals surface area contributed by atoms with Crippen LogP contribution in [0.3, 0.4) is 0 Å². The largest absolute Gasteiger partial charge is 0.478 e. The lowest BCUT2D eigenvalue weighted by atomic mass is 9.41. The third-order valence-electron chi connectivity index (χ3n) is 12.0. The van der Waals surface area contributed by atoms with Crippen LogP contribution in [0.1, 0.15) is 106 Å². The average molecular weight is 457 g/mol. The summed E-state index contributed by atoms with van der Waals surface area (Å²) in [6.45, 7) is 16.5. The zero-order chi connectivity index (χ0) is 24.4.